The Labute approximate surface area is 230 Å². The Morgan fingerprint density at radius 1 is 0.650 bits per heavy atom. The van der Waals surface area contributed by atoms with Crippen molar-refractivity contribution in [3.05, 3.63) is 71.8 Å². The topological polar surface area (TPSA) is 237 Å². The molecule has 13 heteroatoms. The van der Waals surface area contributed by atoms with Crippen molar-refractivity contribution in [1.82, 2.24) is 16.0 Å². The number of carboxylic acid groups (broad SMARTS) is 1. The summed E-state index contributed by atoms with van der Waals surface area (Å²) in [4.78, 5) is 73.5. The zero-order valence-electron chi connectivity index (χ0n) is 21.7. The molecule has 4 atom stereocenters. The third-order valence-corrected chi connectivity index (χ3v) is 5.89. The van der Waals surface area contributed by atoms with Crippen molar-refractivity contribution in [2.75, 3.05) is 0 Å². The molecule has 10 N–H and O–H groups in total. The Kier molecular flexibility index (Phi) is 12.3. The van der Waals surface area contributed by atoms with Gasteiger partial charge in [-0.3, -0.25) is 24.0 Å². The van der Waals surface area contributed by atoms with Crippen LogP contribution in [0.15, 0.2) is 60.7 Å². The Hall–Kier alpha value is -4.78. The first-order valence-electron chi connectivity index (χ1n) is 12.5. The van der Waals surface area contributed by atoms with Gasteiger partial charge in [0.2, 0.25) is 29.5 Å². The molecule has 0 saturated carbocycles. The molecular weight excluding hydrogens is 520 g/mol. The van der Waals surface area contributed by atoms with E-state index in [9.17, 15) is 33.9 Å². The molecule has 40 heavy (non-hydrogen) atoms. The number of aliphatic carboxylic acids is 1. The Bertz CT molecular complexity index is 1190. The highest BCUT2D eigenvalue weighted by molar-refractivity contribution is 5.96. The van der Waals surface area contributed by atoms with Gasteiger partial charge in [-0.25, -0.2) is 4.79 Å². The van der Waals surface area contributed by atoms with Gasteiger partial charge >= 0.3 is 5.97 Å². The lowest BCUT2D eigenvalue weighted by Crippen LogP contribution is -2.58. The van der Waals surface area contributed by atoms with Crippen molar-refractivity contribution in [3.63, 3.8) is 0 Å². The van der Waals surface area contributed by atoms with Crippen LogP contribution < -0.4 is 33.2 Å². The SMILES string of the molecule is NC(=O)CCC(N)C(=O)NC(CC(N)=O)C(=O)NC(Cc1ccccc1)C(=O)NC(Cc1ccccc1)C(=O)O. The molecule has 214 valence electrons. The highest BCUT2D eigenvalue weighted by Gasteiger charge is 2.31. The molecule has 0 fully saturated rings. The summed E-state index contributed by atoms with van der Waals surface area (Å²) < 4.78 is 0. The van der Waals surface area contributed by atoms with Gasteiger partial charge in [-0.1, -0.05) is 60.7 Å². The highest BCUT2D eigenvalue weighted by atomic mass is 16.4. The molecule has 2 aromatic rings. The molecule has 0 aliphatic rings. The summed E-state index contributed by atoms with van der Waals surface area (Å²) in [6.07, 6.45) is -0.897. The zero-order valence-corrected chi connectivity index (χ0v) is 21.7. The smallest absolute Gasteiger partial charge is 0.326 e. The Balaban J connectivity index is 2.23. The number of benzene rings is 2. The van der Waals surface area contributed by atoms with Gasteiger partial charge in [0.1, 0.15) is 18.1 Å². The number of carboxylic acids is 1. The monoisotopic (exact) mass is 554 g/mol. The number of rotatable bonds is 16. The van der Waals surface area contributed by atoms with Gasteiger partial charge in [0.05, 0.1) is 12.5 Å². The summed E-state index contributed by atoms with van der Waals surface area (Å²) in [6, 6.07) is 12.1. The van der Waals surface area contributed by atoms with Crippen molar-refractivity contribution >= 4 is 35.5 Å². The van der Waals surface area contributed by atoms with Crippen molar-refractivity contribution in [3.8, 4) is 0 Å². The average Bonchev–Trinajstić information content (AvgIpc) is 2.91. The molecule has 0 spiro atoms. The van der Waals surface area contributed by atoms with E-state index in [2.05, 4.69) is 16.0 Å². The molecule has 0 heterocycles. The second-order valence-corrected chi connectivity index (χ2v) is 9.18. The van der Waals surface area contributed by atoms with E-state index < -0.39 is 66.1 Å². The molecular formula is C27H34N6O7. The van der Waals surface area contributed by atoms with Gasteiger partial charge in [0.15, 0.2) is 0 Å². The second-order valence-electron chi connectivity index (χ2n) is 9.18. The maximum Gasteiger partial charge on any atom is 0.326 e. The summed E-state index contributed by atoms with van der Waals surface area (Å²) in [5.74, 6) is -5.39. The quantitative estimate of drug-likeness (QED) is 0.128. The van der Waals surface area contributed by atoms with Gasteiger partial charge in [-0.05, 0) is 17.5 Å². The summed E-state index contributed by atoms with van der Waals surface area (Å²) in [5.41, 5.74) is 17.4. The first-order valence-corrected chi connectivity index (χ1v) is 12.5. The zero-order chi connectivity index (χ0) is 29.7. The lowest BCUT2D eigenvalue weighted by Gasteiger charge is -2.25. The van der Waals surface area contributed by atoms with Gasteiger partial charge in [0.25, 0.3) is 0 Å². The molecule has 0 bridgehead atoms. The van der Waals surface area contributed by atoms with E-state index in [1.807, 2.05) is 0 Å². The maximum atomic E-state index is 13.3. The first-order chi connectivity index (χ1) is 19.0. The number of hydrogen-bond acceptors (Lipinski definition) is 7. The fourth-order valence-electron chi connectivity index (χ4n) is 3.77. The van der Waals surface area contributed by atoms with Crippen LogP contribution in [0.3, 0.4) is 0 Å². The normalized spacial score (nSPS) is 13.6. The van der Waals surface area contributed by atoms with E-state index in [1.165, 1.54) is 0 Å². The molecule has 0 saturated heterocycles. The van der Waals surface area contributed by atoms with E-state index >= 15 is 0 Å². The van der Waals surface area contributed by atoms with Crippen LogP contribution in [0.25, 0.3) is 0 Å². The standard InChI is InChI=1S/C27H34N6O7/c28-18(11-12-22(29)34)24(36)31-20(15-23(30)35)26(38)32-19(13-16-7-3-1-4-8-16)25(37)33-21(27(39)40)14-17-9-5-2-6-10-17/h1-10,18-21H,11-15,28H2,(H2,29,34)(H2,30,35)(H,31,36)(H,32,38)(H,33,37)(H,39,40). The number of primary amides is 2. The van der Waals surface area contributed by atoms with Crippen molar-refractivity contribution < 1.29 is 33.9 Å². The van der Waals surface area contributed by atoms with Crippen LogP contribution >= 0.6 is 0 Å². The van der Waals surface area contributed by atoms with Gasteiger partial charge < -0.3 is 38.3 Å². The minimum absolute atomic E-state index is 0.00251. The van der Waals surface area contributed by atoms with Crippen LogP contribution in [0, 0.1) is 0 Å². The summed E-state index contributed by atoms with van der Waals surface area (Å²) in [5, 5.41) is 17.0. The van der Waals surface area contributed by atoms with Crippen molar-refractivity contribution in [1.29, 1.82) is 0 Å². The molecule has 0 aliphatic carbocycles. The van der Waals surface area contributed by atoms with E-state index in [-0.39, 0.29) is 25.7 Å². The lowest BCUT2D eigenvalue weighted by molar-refractivity contribution is -0.142. The Morgan fingerprint density at radius 3 is 1.57 bits per heavy atom. The molecule has 0 radical (unpaired) electrons. The first kappa shape index (κ1) is 31.4. The number of amides is 5. The van der Waals surface area contributed by atoms with Gasteiger partial charge in [-0.15, -0.1) is 0 Å². The van der Waals surface area contributed by atoms with Crippen molar-refractivity contribution in [2.45, 2.75) is 56.3 Å². The molecule has 13 nitrogen and oxygen atoms in total. The fraction of sp³-hybridized carbons (Fsp3) is 0.333. The molecule has 5 amide bonds. The average molecular weight is 555 g/mol. The number of carbonyl (C=O) groups excluding carboxylic acids is 5. The number of nitrogens with one attached hydrogen (secondary N) is 3. The van der Waals surface area contributed by atoms with Crippen LogP contribution in [-0.2, 0) is 41.6 Å². The van der Waals surface area contributed by atoms with Crippen LogP contribution in [0.2, 0.25) is 0 Å². The third-order valence-electron chi connectivity index (χ3n) is 5.89. The molecule has 2 aromatic carbocycles. The minimum Gasteiger partial charge on any atom is -0.480 e. The van der Waals surface area contributed by atoms with E-state index in [1.54, 1.807) is 60.7 Å². The third kappa shape index (κ3) is 10.9. The fourth-order valence-corrected chi connectivity index (χ4v) is 3.77. The molecule has 0 aromatic heterocycles. The molecule has 4 unspecified atom stereocenters. The number of hydrogen-bond donors (Lipinski definition) is 7. The predicted octanol–water partition coefficient (Wildman–Crippen LogP) is -1.52. The highest BCUT2D eigenvalue weighted by Crippen LogP contribution is 2.08. The summed E-state index contributed by atoms with van der Waals surface area (Å²) >= 11 is 0. The van der Waals surface area contributed by atoms with Crippen LogP contribution in [0.4, 0.5) is 0 Å². The lowest BCUT2D eigenvalue weighted by atomic mass is 10.0. The van der Waals surface area contributed by atoms with Crippen LogP contribution in [0.1, 0.15) is 30.4 Å². The van der Waals surface area contributed by atoms with E-state index in [0.29, 0.717) is 11.1 Å². The van der Waals surface area contributed by atoms with Gasteiger partial charge in [-0.2, -0.15) is 0 Å². The van der Waals surface area contributed by atoms with Gasteiger partial charge in [0, 0.05) is 19.3 Å². The second kappa shape index (κ2) is 15.6. The largest absolute Gasteiger partial charge is 0.480 e. The van der Waals surface area contributed by atoms with Crippen molar-refractivity contribution in [2.24, 2.45) is 17.2 Å². The van der Waals surface area contributed by atoms with E-state index in [0.717, 1.165) is 0 Å². The molecule has 0 aliphatic heterocycles. The van der Waals surface area contributed by atoms with Crippen LogP contribution in [-0.4, -0.2) is 64.8 Å². The number of nitrogens with two attached hydrogens (primary N) is 3. The van der Waals surface area contributed by atoms with Crippen LogP contribution in [0.5, 0.6) is 0 Å². The van der Waals surface area contributed by atoms with E-state index in [4.69, 9.17) is 17.2 Å². The Morgan fingerprint density at radius 2 is 1.10 bits per heavy atom. The summed E-state index contributed by atoms with van der Waals surface area (Å²) in [7, 11) is 0. The maximum absolute atomic E-state index is 13.3. The minimum atomic E-state index is -1.49. The predicted molar refractivity (Wildman–Crippen MR) is 144 cm³/mol. The number of carbonyl (C=O) groups is 6. The molecule has 2 rings (SSSR count). The summed E-state index contributed by atoms with van der Waals surface area (Å²) in [6.45, 7) is 0.